The maximum absolute atomic E-state index is 13.1. The summed E-state index contributed by atoms with van der Waals surface area (Å²) in [5, 5.41) is 3.00. The number of hydrogen-bond donors (Lipinski definition) is 1. The number of amides is 1. The number of likely N-dealkylation sites (tertiary alicyclic amines) is 1. The van der Waals surface area contributed by atoms with Gasteiger partial charge in [-0.25, -0.2) is 9.18 Å². The summed E-state index contributed by atoms with van der Waals surface area (Å²) in [7, 11) is 0. The molecule has 1 saturated heterocycles. The molecule has 6 heteroatoms. The second-order valence-electron chi connectivity index (χ2n) is 7.44. The van der Waals surface area contributed by atoms with Crippen LogP contribution in [0.1, 0.15) is 41.3 Å². The van der Waals surface area contributed by atoms with Crippen molar-refractivity contribution in [2.24, 2.45) is 5.92 Å². The second-order valence-corrected chi connectivity index (χ2v) is 7.44. The minimum Gasteiger partial charge on any atom is -0.462 e. The summed E-state index contributed by atoms with van der Waals surface area (Å²) >= 11 is 0. The van der Waals surface area contributed by atoms with Crippen LogP contribution in [0, 0.1) is 18.7 Å². The molecule has 1 aliphatic heterocycles. The highest BCUT2D eigenvalue weighted by Crippen LogP contribution is 2.23. The maximum atomic E-state index is 13.1. The van der Waals surface area contributed by atoms with Crippen LogP contribution in [0.3, 0.4) is 0 Å². The maximum Gasteiger partial charge on any atom is 0.338 e. The molecule has 0 aliphatic carbocycles. The second kappa shape index (κ2) is 9.65. The lowest BCUT2D eigenvalue weighted by molar-refractivity contribution is -0.121. The number of esters is 1. The number of nitrogens with zero attached hydrogens (tertiary/aromatic N) is 1. The van der Waals surface area contributed by atoms with Crippen LogP contribution in [-0.2, 0) is 16.1 Å². The highest BCUT2D eigenvalue weighted by molar-refractivity contribution is 5.95. The lowest BCUT2D eigenvalue weighted by atomic mass is 9.96. The molecule has 1 N–H and O–H groups in total. The van der Waals surface area contributed by atoms with E-state index in [-0.39, 0.29) is 23.6 Å². The molecule has 2 aromatic carbocycles. The van der Waals surface area contributed by atoms with Gasteiger partial charge in [0, 0.05) is 18.8 Å². The predicted octanol–water partition coefficient (Wildman–Crippen LogP) is 4.16. The van der Waals surface area contributed by atoms with Crippen LogP contribution in [0.4, 0.5) is 10.1 Å². The van der Waals surface area contributed by atoms with Crippen LogP contribution in [-0.4, -0.2) is 36.5 Å². The third-order valence-electron chi connectivity index (χ3n) is 5.19. The summed E-state index contributed by atoms with van der Waals surface area (Å²) in [6, 6.07) is 11.6. The molecule has 0 spiro atoms. The number of nitrogens with one attached hydrogen (secondary N) is 1. The molecule has 1 atom stereocenters. The summed E-state index contributed by atoms with van der Waals surface area (Å²) in [5.41, 5.74) is 3.05. The van der Waals surface area contributed by atoms with Gasteiger partial charge in [-0.15, -0.1) is 0 Å². The van der Waals surface area contributed by atoms with E-state index in [4.69, 9.17) is 4.74 Å². The lowest BCUT2D eigenvalue weighted by Crippen LogP contribution is -2.40. The Kier molecular flexibility index (Phi) is 6.99. The van der Waals surface area contributed by atoms with Crippen LogP contribution in [0.25, 0.3) is 0 Å². The molecule has 0 saturated carbocycles. The molecule has 0 bridgehead atoms. The first-order chi connectivity index (χ1) is 14.0. The van der Waals surface area contributed by atoms with Gasteiger partial charge < -0.3 is 10.1 Å². The molecule has 29 heavy (non-hydrogen) atoms. The van der Waals surface area contributed by atoms with Crippen LogP contribution < -0.4 is 5.32 Å². The molecule has 2 aromatic rings. The highest BCUT2D eigenvalue weighted by atomic mass is 19.1. The molecule has 1 heterocycles. The summed E-state index contributed by atoms with van der Waals surface area (Å²) in [6.07, 6.45) is 1.78. The number of piperidine rings is 1. The molecule has 0 unspecified atom stereocenters. The van der Waals surface area contributed by atoms with E-state index in [9.17, 15) is 14.0 Å². The van der Waals surface area contributed by atoms with E-state index in [0.717, 1.165) is 30.5 Å². The van der Waals surface area contributed by atoms with Gasteiger partial charge in [0.05, 0.1) is 18.1 Å². The molecular weight excluding hydrogens is 371 g/mol. The Morgan fingerprint density at radius 3 is 2.66 bits per heavy atom. The summed E-state index contributed by atoms with van der Waals surface area (Å²) in [6.45, 7) is 6.25. The molecule has 3 rings (SSSR count). The zero-order valence-corrected chi connectivity index (χ0v) is 16.9. The van der Waals surface area contributed by atoms with Crippen LogP contribution in [0.2, 0.25) is 0 Å². The smallest absolute Gasteiger partial charge is 0.338 e. The first-order valence-electron chi connectivity index (χ1n) is 10.0. The van der Waals surface area contributed by atoms with Gasteiger partial charge in [0.25, 0.3) is 0 Å². The molecule has 0 aromatic heterocycles. The normalized spacial score (nSPS) is 17.0. The molecule has 154 valence electrons. The first kappa shape index (κ1) is 21.0. The predicted molar refractivity (Wildman–Crippen MR) is 110 cm³/mol. The van der Waals surface area contributed by atoms with Crippen molar-refractivity contribution in [3.05, 3.63) is 65.0 Å². The third kappa shape index (κ3) is 5.64. The van der Waals surface area contributed by atoms with Gasteiger partial charge in [-0.05, 0) is 74.7 Å². The zero-order chi connectivity index (χ0) is 20.8. The van der Waals surface area contributed by atoms with Crippen molar-refractivity contribution in [1.82, 2.24) is 4.90 Å². The average molecular weight is 398 g/mol. The van der Waals surface area contributed by atoms with Crippen molar-refractivity contribution >= 4 is 17.6 Å². The van der Waals surface area contributed by atoms with Crippen LogP contribution >= 0.6 is 0 Å². The Balaban J connectivity index is 1.60. The molecular formula is C23H27FN2O3. The monoisotopic (exact) mass is 398 g/mol. The number of carbonyl (C=O) groups is 2. The van der Waals surface area contributed by atoms with Crippen LogP contribution in [0.15, 0.2) is 42.5 Å². The number of rotatable bonds is 6. The summed E-state index contributed by atoms with van der Waals surface area (Å²) in [5.74, 6) is -0.722. The molecule has 0 radical (unpaired) electrons. The van der Waals surface area contributed by atoms with Crippen molar-refractivity contribution in [2.45, 2.75) is 33.2 Å². The minimum atomic E-state index is -0.364. The number of hydrogen-bond acceptors (Lipinski definition) is 4. The fourth-order valence-electron chi connectivity index (χ4n) is 3.64. The minimum absolute atomic E-state index is 0.0132. The van der Waals surface area contributed by atoms with Gasteiger partial charge in [-0.3, -0.25) is 9.69 Å². The van der Waals surface area contributed by atoms with Gasteiger partial charge in [0.15, 0.2) is 0 Å². The molecule has 1 fully saturated rings. The van der Waals surface area contributed by atoms with E-state index in [1.54, 1.807) is 37.3 Å². The molecule has 1 amide bonds. The quantitative estimate of drug-likeness (QED) is 0.743. The number of aryl methyl sites for hydroxylation is 1. The standard InChI is InChI=1S/C23H27FN2O3/c1-3-29-23(28)18-8-11-21(16(2)13-18)25-22(27)19-5-4-12-26(15-19)14-17-6-9-20(24)10-7-17/h6-11,13,19H,3-5,12,14-15H2,1-2H3,(H,25,27)/t19-/m1/s1. The van der Waals surface area contributed by atoms with Gasteiger partial charge in [-0.2, -0.15) is 0 Å². The Hall–Kier alpha value is -2.73. The van der Waals surface area contributed by atoms with Crippen LogP contribution in [0.5, 0.6) is 0 Å². The zero-order valence-electron chi connectivity index (χ0n) is 16.9. The van der Waals surface area contributed by atoms with Crippen molar-refractivity contribution in [1.29, 1.82) is 0 Å². The number of ether oxygens (including phenoxy) is 1. The van der Waals surface area contributed by atoms with Crippen molar-refractivity contribution in [2.75, 3.05) is 25.0 Å². The summed E-state index contributed by atoms with van der Waals surface area (Å²) in [4.78, 5) is 26.9. The first-order valence-corrected chi connectivity index (χ1v) is 10.0. The average Bonchev–Trinajstić information content (AvgIpc) is 2.71. The number of benzene rings is 2. The van der Waals surface area contributed by atoms with E-state index >= 15 is 0 Å². The SMILES string of the molecule is CCOC(=O)c1ccc(NC(=O)[C@@H]2CCCN(Cc3ccc(F)cc3)C2)c(C)c1. The van der Waals surface area contributed by atoms with Crippen molar-refractivity contribution in [3.63, 3.8) is 0 Å². The van der Waals surface area contributed by atoms with E-state index in [1.165, 1.54) is 12.1 Å². The Labute approximate surface area is 170 Å². The number of carbonyl (C=O) groups excluding carboxylic acids is 2. The van der Waals surface area contributed by atoms with Gasteiger partial charge >= 0.3 is 5.97 Å². The number of anilines is 1. The van der Waals surface area contributed by atoms with E-state index in [1.807, 2.05) is 6.92 Å². The van der Waals surface area contributed by atoms with Gasteiger partial charge in [0.1, 0.15) is 5.82 Å². The van der Waals surface area contributed by atoms with E-state index in [2.05, 4.69) is 10.2 Å². The number of halogens is 1. The highest BCUT2D eigenvalue weighted by Gasteiger charge is 2.26. The van der Waals surface area contributed by atoms with Crippen molar-refractivity contribution < 1.29 is 18.7 Å². The largest absolute Gasteiger partial charge is 0.462 e. The van der Waals surface area contributed by atoms with Crippen molar-refractivity contribution in [3.8, 4) is 0 Å². The summed E-state index contributed by atoms with van der Waals surface area (Å²) < 4.78 is 18.1. The Morgan fingerprint density at radius 2 is 1.97 bits per heavy atom. The third-order valence-corrected chi connectivity index (χ3v) is 5.19. The van der Waals surface area contributed by atoms with Gasteiger partial charge in [-0.1, -0.05) is 12.1 Å². The Bertz CT molecular complexity index is 867. The molecule has 5 nitrogen and oxygen atoms in total. The van der Waals surface area contributed by atoms with Gasteiger partial charge in [0.2, 0.25) is 5.91 Å². The van der Waals surface area contributed by atoms with E-state index < -0.39 is 0 Å². The Morgan fingerprint density at radius 1 is 1.21 bits per heavy atom. The molecule has 1 aliphatic rings. The topological polar surface area (TPSA) is 58.6 Å². The fourth-order valence-corrected chi connectivity index (χ4v) is 3.64. The fraction of sp³-hybridized carbons (Fsp3) is 0.391. The lowest BCUT2D eigenvalue weighted by Gasteiger charge is -2.32. The van der Waals surface area contributed by atoms with E-state index in [0.29, 0.717) is 30.9 Å².